The molecule has 0 aromatic carbocycles. The zero-order valence-electron chi connectivity index (χ0n) is 9.79. The Kier molecular flexibility index (Phi) is 5.07. The Morgan fingerprint density at radius 2 is 2.07 bits per heavy atom. The summed E-state index contributed by atoms with van der Waals surface area (Å²) in [4.78, 5) is 0. The van der Waals surface area contributed by atoms with E-state index in [0.717, 1.165) is 32.3 Å². The summed E-state index contributed by atoms with van der Waals surface area (Å²) >= 11 is 0. The van der Waals surface area contributed by atoms with E-state index in [9.17, 15) is 0 Å². The third-order valence-corrected chi connectivity index (χ3v) is 3.28. The van der Waals surface area contributed by atoms with Gasteiger partial charge < -0.3 is 9.47 Å². The van der Waals surface area contributed by atoms with Gasteiger partial charge in [-0.1, -0.05) is 6.92 Å². The summed E-state index contributed by atoms with van der Waals surface area (Å²) in [6.07, 6.45) is 5.54. The Morgan fingerprint density at radius 1 is 1.40 bits per heavy atom. The largest absolute Gasteiger partial charge is 0.381 e. The smallest absolute Gasteiger partial charge is 0.0645 e. The minimum atomic E-state index is 0.296. The van der Waals surface area contributed by atoms with Gasteiger partial charge in [0.05, 0.1) is 31.8 Å². The van der Waals surface area contributed by atoms with Crippen LogP contribution < -0.4 is 0 Å². The van der Waals surface area contributed by atoms with Gasteiger partial charge in [-0.25, -0.2) is 0 Å². The molecule has 1 fully saturated rings. The van der Waals surface area contributed by atoms with E-state index in [1.54, 1.807) is 7.11 Å². The minimum Gasteiger partial charge on any atom is -0.381 e. The van der Waals surface area contributed by atoms with Crippen molar-refractivity contribution >= 4 is 0 Å². The van der Waals surface area contributed by atoms with E-state index < -0.39 is 0 Å². The lowest BCUT2D eigenvalue weighted by Gasteiger charge is -2.36. The van der Waals surface area contributed by atoms with E-state index in [1.165, 1.54) is 0 Å². The second-order valence-electron chi connectivity index (χ2n) is 4.71. The highest BCUT2D eigenvalue weighted by molar-refractivity contribution is 4.82. The molecule has 0 aromatic heterocycles. The first-order valence-corrected chi connectivity index (χ1v) is 5.68. The third kappa shape index (κ3) is 4.19. The molecule has 0 amide bonds. The fourth-order valence-electron chi connectivity index (χ4n) is 2.10. The molecule has 1 saturated carbocycles. The number of ether oxygens (including phenoxy) is 2. The van der Waals surface area contributed by atoms with Crippen LogP contribution >= 0.6 is 0 Å². The summed E-state index contributed by atoms with van der Waals surface area (Å²) in [5, 5.41) is 8.39. The van der Waals surface area contributed by atoms with Crippen molar-refractivity contribution in [2.24, 2.45) is 5.41 Å². The number of hydrogen-bond donors (Lipinski definition) is 0. The van der Waals surface area contributed by atoms with Gasteiger partial charge in [0.15, 0.2) is 0 Å². The average Bonchev–Trinajstić information content (AvgIpc) is 2.26. The molecule has 0 unspecified atom stereocenters. The maximum absolute atomic E-state index is 8.39. The molecule has 3 nitrogen and oxygen atoms in total. The fourth-order valence-corrected chi connectivity index (χ4v) is 2.10. The highest BCUT2D eigenvalue weighted by atomic mass is 16.5. The molecule has 0 aromatic rings. The van der Waals surface area contributed by atoms with Gasteiger partial charge in [-0.3, -0.25) is 0 Å². The molecular weight excluding hydrogens is 190 g/mol. The van der Waals surface area contributed by atoms with Crippen LogP contribution in [0.2, 0.25) is 0 Å². The molecule has 86 valence electrons. The molecule has 0 bridgehead atoms. The molecule has 0 aliphatic heterocycles. The summed E-state index contributed by atoms with van der Waals surface area (Å²) in [5.74, 6) is 0. The summed E-state index contributed by atoms with van der Waals surface area (Å²) in [6.45, 7) is 3.62. The van der Waals surface area contributed by atoms with Gasteiger partial charge >= 0.3 is 0 Å². The van der Waals surface area contributed by atoms with Gasteiger partial charge in [0.25, 0.3) is 0 Å². The average molecular weight is 211 g/mol. The number of nitriles is 1. The third-order valence-electron chi connectivity index (χ3n) is 3.28. The molecule has 0 radical (unpaired) electrons. The maximum Gasteiger partial charge on any atom is 0.0645 e. The van der Waals surface area contributed by atoms with Crippen LogP contribution in [0.3, 0.4) is 0 Å². The van der Waals surface area contributed by atoms with Crippen LogP contribution in [0.25, 0.3) is 0 Å². The highest BCUT2D eigenvalue weighted by Gasteiger charge is 2.31. The van der Waals surface area contributed by atoms with Gasteiger partial charge in [-0.05, 0) is 31.1 Å². The first-order chi connectivity index (χ1) is 7.20. The predicted molar refractivity (Wildman–Crippen MR) is 58.4 cm³/mol. The van der Waals surface area contributed by atoms with Crippen LogP contribution in [0.5, 0.6) is 0 Å². The van der Waals surface area contributed by atoms with E-state index in [2.05, 4.69) is 13.0 Å². The number of nitrogens with zero attached hydrogens (tertiary/aromatic N) is 1. The van der Waals surface area contributed by atoms with Crippen molar-refractivity contribution in [1.82, 2.24) is 0 Å². The molecule has 0 N–H and O–H groups in total. The molecule has 0 saturated heterocycles. The predicted octanol–water partition coefficient (Wildman–Crippen LogP) is 2.51. The van der Waals surface area contributed by atoms with E-state index >= 15 is 0 Å². The quantitative estimate of drug-likeness (QED) is 0.656. The second-order valence-corrected chi connectivity index (χ2v) is 4.71. The Balaban J connectivity index is 2.20. The van der Waals surface area contributed by atoms with Crippen molar-refractivity contribution in [1.29, 1.82) is 5.26 Å². The lowest BCUT2D eigenvalue weighted by Crippen LogP contribution is -2.32. The van der Waals surface area contributed by atoms with Crippen LogP contribution in [-0.2, 0) is 9.47 Å². The lowest BCUT2D eigenvalue weighted by atomic mass is 9.75. The van der Waals surface area contributed by atoms with Crippen LogP contribution in [-0.4, -0.2) is 26.4 Å². The van der Waals surface area contributed by atoms with Crippen LogP contribution in [0.4, 0.5) is 0 Å². The number of hydrogen-bond acceptors (Lipinski definition) is 3. The first-order valence-electron chi connectivity index (χ1n) is 5.68. The van der Waals surface area contributed by atoms with Crippen LogP contribution in [0.15, 0.2) is 0 Å². The normalized spacial score (nSPS) is 31.1. The number of methoxy groups -OCH3 is 1. The summed E-state index contributed by atoms with van der Waals surface area (Å²) in [5.41, 5.74) is 0.296. The van der Waals surface area contributed by atoms with Crippen molar-refractivity contribution in [2.75, 3.05) is 20.3 Å². The molecule has 1 aliphatic carbocycles. The van der Waals surface area contributed by atoms with Gasteiger partial charge in [0.2, 0.25) is 0 Å². The molecule has 15 heavy (non-hydrogen) atoms. The molecular formula is C12H21NO2. The molecule has 1 aliphatic rings. The lowest BCUT2D eigenvalue weighted by molar-refractivity contribution is -0.0124. The van der Waals surface area contributed by atoms with Crippen molar-refractivity contribution in [3.63, 3.8) is 0 Å². The van der Waals surface area contributed by atoms with E-state index in [1.807, 2.05) is 0 Å². The fraction of sp³-hybridized carbons (Fsp3) is 0.917. The van der Waals surface area contributed by atoms with Crippen LogP contribution in [0, 0.1) is 16.7 Å². The molecule has 0 heterocycles. The van der Waals surface area contributed by atoms with Gasteiger partial charge in [-0.15, -0.1) is 0 Å². The molecule has 0 spiro atoms. The topological polar surface area (TPSA) is 42.2 Å². The van der Waals surface area contributed by atoms with Crippen molar-refractivity contribution in [3.8, 4) is 6.07 Å². The summed E-state index contributed by atoms with van der Waals surface area (Å²) in [7, 11) is 1.79. The van der Waals surface area contributed by atoms with Crippen molar-refractivity contribution < 1.29 is 9.47 Å². The van der Waals surface area contributed by atoms with Crippen LogP contribution in [0.1, 0.15) is 39.0 Å². The minimum absolute atomic E-state index is 0.296. The number of rotatable bonds is 5. The Hall–Kier alpha value is -0.590. The van der Waals surface area contributed by atoms with Gasteiger partial charge in [0, 0.05) is 7.11 Å². The Labute approximate surface area is 92.4 Å². The first kappa shape index (κ1) is 12.5. The van der Waals surface area contributed by atoms with Gasteiger partial charge in [-0.2, -0.15) is 5.26 Å². The van der Waals surface area contributed by atoms with E-state index in [-0.39, 0.29) is 0 Å². The SMILES string of the molecule is COC1CCC(C)(COCCC#N)CC1. The Bertz CT molecular complexity index is 214. The van der Waals surface area contributed by atoms with Crippen molar-refractivity contribution in [3.05, 3.63) is 0 Å². The van der Waals surface area contributed by atoms with E-state index in [4.69, 9.17) is 14.7 Å². The molecule has 1 rings (SSSR count). The summed E-state index contributed by atoms with van der Waals surface area (Å²) < 4.78 is 10.9. The van der Waals surface area contributed by atoms with Gasteiger partial charge in [0.1, 0.15) is 0 Å². The van der Waals surface area contributed by atoms with E-state index in [0.29, 0.717) is 24.5 Å². The standard InChI is InChI=1S/C12H21NO2/c1-12(10-15-9-3-8-13)6-4-11(14-2)5-7-12/h11H,3-7,9-10H2,1-2H3. The zero-order chi connectivity index (χ0) is 11.1. The zero-order valence-corrected chi connectivity index (χ0v) is 9.79. The monoisotopic (exact) mass is 211 g/mol. The maximum atomic E-state index is 8.39. The molecule has 3 heteroatoms. The summed E-state index contributed by atoms with van der Waals surface area (Å²) in [6, 6.07) is 2.09. The second kappa shape index (κ2) is 6.09. The highest BCUT2D eigenvalue weighted by Crippen LogP contribution is 2.36. The molecule has 0 atom stereocenters. The van der Waals surface area contributed by atoms with Crippen molar-refractivity contribution in [2.45, 2.75) is 45.1 Å². The Morgan fingerprint density at radius 3 is 2.60 bits per heavy atom.